The zero-order valence-electron chi connectivity index (χ0n) is 14.7. The van der Waals surface area contributed by atoms with Gasteiger partial charge >= 0.3 is 5.97 Å². The monoisotopic (exact) mass is 329 g/mol. The Bertz CT molecular complexity index is 602. The van der Waals surface area contributed by atoms with Crippen molar-refractivity contribution in [1.29, 1.82) is 0 Å². The lowest BCUT2D eigenvalue weighted by atomic mass is 9.99. The highest BCUT2D eigenvalue weighted by Gasteiger charge is 2.40. The molecule has 0 spiro atoms. The molecule has 130 valence electrons. The highest BCUT2D eigenvalue weighted by atomic mass is 16.5. The van der Waals surface area contributed by atoms with Gasteiger partial charge in [-0.2, -0.15) is 0 Å². The Labute approximate surface area is 144 Å². The average Bonchev–Trinajstić information content (AvgIpc) is 3.29. The number of aliphatic imine (C=N–C) groups is 1. The molecule has 0 amide bonds. The summed E-state index contributed by atoms with van der Waals surface area (Å²) in [5.41, 5.74) is 1.43. The predicted octanol–water partition coefficient (Wildman–Crippen LogP) is 2.11. The minimum atomic E-state index is -0.119. The number of nitrogens with zero attached hydrogens (tertiary/aromatic N) is 2. The van der Waals surface area contributed by atoms with Crippen molar-refractivity contribution in [3.05, 3.63) is 35.9 Å². The van der Waals surface area contributed by atoms with Gasteiger partial charge in [0.25, 0.3) is 0 Å². The summed E-state index contributed by atoms with van der Waals surface area (Å²) >= 11 is 0. The van der Waals surface area contributed by atoms with E-state index in [2.05, 4.69) is 52.5 Å². The number of nitrogens with one attached hydrogen (secondary N) is 1. The number of rotatable bonds is 4. The zero-order valence-corrected chi connectivity index (χ0v) is 14.7. The molecule has 4 unspecified atom stereocenters. The van der Waals surface area contributed by atoms with Crippen molar-refractivity contribution in [3.63, 3.8) is 0 Å². The van der Waals surface area contributed by atoms with E-state index in [-0.39, 0.29) is 17.8 Å². The van der Waals surface area contributed by atoms with Gasteiger partial charge < -0.3 is 15.0 Å². The van der Waals surface area contributed by atoms with Crippen LogP contribution >= 0.6 is 0 Å². The first-order valence-electron chi connectivity index (χ1n) is 8.72. The van der Waals surface area contributed by atoms with Crippen molar-refractivity contribution in [2.75, 3.05) is 33.8 Å². The fourth-order valence-electron chi connectivity index (χ4n) is 3.73. The van der Waals surface area contributed by atoms with E-state index in [1.807, 2.05) is 0 Å². The third-order valence-corrected chi connectivity index (χ3v) is 5.30. The number of hydrogen-bond donors (Lipinski definition) is 1. The Kier molecular flexibility index (Phi) is 5.07. The number of likely N-dealkylation sites (tertiary alicyclic amines) is 1. The molecule has 5 heteroatoms. The van der Waals surface area contributed by atoms with Crippen molar-refractivity contribution in [3.8, 4) is 0 Å². The number of ether oxygens (including phenoxy) is 1. The van der Waals surface area contributed by atoms with Crippen LogP contribution in [0.3, 0.4) is 0 Å². The number of hydrogen-bond acceptors (Lipinski definition) is 3. The topological polar surface area (TPSA) is 53.9 Å². The van der Waals surface area contributed by atoms with Crippen molar-refractivity contribution in [2.24, 2.45) is 22.7 Å². The summed E-state index contributed by atoms with van der Waals surface area (Å²) in [6.07, 6.45) is 1.23. The van der Waals surface area contributed by atoms with E-state index in [0.29, 0.717) is 18.4 Å². The molecule has 0 aromatic heterocycles. The molecule has 1 N–H and O–H groups in total. The van der Waals surface area contributed by atoms with E-state index in [1.165, 1.54) is 19.1 Å². The molecule has 1 saturated carbocycles. The molecule has 0 bridgehead atoms. The predicted molar refractivity (Wildman–Crippen MR) is 94.9 cm³/mol. The molecule has 4 atom stereocenters. The maximum absolute atomic E-state index is 11.8. The summed E-state index contributed by atoms with van der Waals surface area (Å²) in [6, 6.07) is 10.7. The first-order chi connectivity index (χ1) is 11.6. The van der Waals surface area contributed by atoms with E-state index >= 15 is 0 Å². The Morgan fingerprint density at radius 3 is 2.75 bits per heavy atom. The molecular weight excluding hydrogens is 302 g/mol. The number of methoxy groups -OCH3 is 1. The standard InChI is InChI=1S/C19H27N3O2/c1-13-11-22(12-17(13)18(23)24-3)19(20-2)21-10-15-9-16(15)14-7-5-4-6-8-14/h4-8,13,15-17H,9-12H2,1-3H3,(H,20,21). The first-order valence-corrected chi connectivity index (χ1v) is 8.72. The molecule has 1 saturated heterocycles. The molecule has 1 aliphatic carbocycles. The van der Waals surface area contributed by atoms with Gasteiger partial charge in [-0.05, 0) is 29.7 Å². The van der Waals surface area contributed by atoms with Crippen LogP contribution in [-0.4, -0.2) is 50.6 Å². The molecule has 24 heavy (non-hydrogen) atoms. The van der Waals surface area contributed by atoms with Crippen LogP contribution < -0.4 is 5.32 Å². The fraction of sp³-hybridized carbons (Fsp3) is 0.579. The lowest BCUT2D eigenvalue weighted by molar-refractivity contribution is -0.145. The van der Waals surface area contributed by atoms with Crippen molar-refractivity contribution in [1.82, 2.24) is 10.2 Å². The summed E-state index contributed by atoms with van der Waals surface area (Å²) in [5, 5.41) is 3.49. The van der Waals surface area contributed by atoms with E-state index in [9.17, 15) is 4.79 Å². The SMILES string of the molecule is CN=C(NCC1CC1c1ccccc1)N1CC(C)C(C(=O)OC)C1. The second kappa shape index (κ2) is 7.24. The van der Waals surface area contributed by atoms with Crippen LogP contribution in [0.2, 0.25) is 0 Å². The fourth-order valence-corrected chi connectivity index (χ4v) is 3.73. The van der Waals surface area contributed by atoms with Gasteiger partial charge in [0.2, 0.25) is 0 Å². The maximum Gasteiger partial charge on any atom is 0.310 e. The lowest BCUT2D eigenvalue weighted by Gasteiger charge is -2.21. The van der Waals surface area contributed by atoms with Gasteiger partial charge in [0.15, 0.2) is 5.96 Å². The van der Waals surface area contributed by atoms with Crippen LogP contribution in [0.5, 0.6) is 0 Å². The van der Waals surface area contributed by atoms with Gasteiger partial charge in [-0.1, -0.05) is 37.3 Å². The Balaban J connectivity index is 1.51. The van der Waals surface area contributed by atoms with Crippen molar-refractivity contribution < 1.29 is 9.53 Å². The molecule has 1 aromatic rings. The quantitative estimate of drug-likeness (QED) is 0.522. The normalized spacial score (nSPS) is 29.5. The molecule has 1 aliphatic heterocycles. The second-order valence-electron chi connectivity index (χ2n) is 6.95. The molecule has 1 heterocycles. The number of benzene rings is 1. The summed E-state index contributed by atoms with van der Waals surface area (Å²) < 4.78 is 4.91. The number of guanidine groups is 1. The minimum absolute atomic E-state index is 0.0634. The summed E-state index contributed by atoms with van der Waals surface area (Å²) in [6.45, 7) is 4.55. The lowest BCUT2D eigenvalue weighted by Crippen LogP contribution is -2.41. The Morgan fingerprint density at radius 2 is 2.08 bits per heavy atom. The smallest absolute Gasteiger partial charge is 0.310 e. The van der Waals surface area contributed by atoms with Crippen molar-refractivity contribution >= 4 is 11.9 Å². The molecule has 2 aliphatic rings. The van der Waals surface area contributed by atoms with Gasteiger partial charge in [0.1, 0.15) is 0 Å². The van der Waals surface area contributed by atoms with Gasteiger partial charge in [-0.15, -0.1) is 0 Å². The van der Waals surface area contributed by atoms with E-state index in [0.717, 1.165) is 19.0 Å². The van der Waals surface area contributed by atoms with Crippen molar-refractivity contribution in [2.45, 2.75) is 19.3 Å². The van der Waals surface area contributed by atoms with E-state index < -0.39 is 0 Å². The third-order valence-electron chi connectivity index (χ3n) is 5.30. The summed E-state index contributed by atoms with van der Waals surface area (Å²) in [4.78, 5) is 18.4. The highest BCUT2D eigenvalue weighted by Crippen LogP contribution is 2.46. The van der Waals surface area contributed by atoms with Gasteiger partial charge in [-0.25, -0.2) is 0 Å². The molecule has 5 nitrogen and oxygen atoms in total. The third kappa shape index (κ3) is 3.55. The van der Waals surface area contributed by atoms with Crippen LogP contribution in [0, 0.1) is 17.8 Å². The molecule has 0 radical (unpaired) electrons. The molecule has 2 fully saturated rings. The molecular formula is C19H27N3O2. The summed E-state index contributed by atoms with van der Waals surface area (Å²) in [7, 11) is 3.27. The molecule has 3 rings (SSSR count). The van der Waals surface area contributed by atoms with Gasteiger partial charge in [-0.3, -0.25) is 9.79 Å². The van der Waals surface area contributed by atoms with Gasteiger partial charge in [0.05, 0.1) is 13.0 Å². The maximum atomic E-state index is 11.8. The van der Waals surface area contributed by atoms with E-state index in [1.54, 1.807) is 7.05 Å². The minimum Gasteiger partial charge on any atom is -0.469 e. The zero-order chi connectivity index (χ0) is 17.1. The Morgan fingerprint density at radius 1 is 1.33 bits per heavy atom. The molecule has 1 aromatic carbocycles. The largest absolute Gasteiger partial charge is 0.469 e. The number of esters is 1. The summed E-state index contributed by atoms with van der Waals surface area (Å²) in [5.74, 6) is 2.33. The second-order valence-corrected chi connectivity index (χ2v) is 6.95. The van der Waals surface area contributed by atoms with Crippen LogP contribution in [0.25, 0.3) is 0 Å². The van der Waals surface area contributed by atoms with Crippen LogP contribution in [0.4, 0.5) is 0 Å². The highest BCUT2D eigenvalue weighted by molar-refractivity contribution is 5.82. The van der Waals surface area contributed by atoms with E-state index in [4.69, 9.17) is 4.74 Å². The Hall–Kier alpha value is -2.04. The van der Waals surface area contributed by atoms with Crippen LogP contribution in [0.15, 0.2) is 35.3 Å². The first kappa shape index (κ1) is 16.8. The van der Waals surface area contributed by atoms with Crippen LogP contribution in [0.1, 0.15) is 24.8 Å². The average molecular weight is 329 g/mol. The van der Waals surface area contributed by atoms with Crippen LogP contribution in [-0.2, 0) is 9.53 Å². The number of carbonyl (C=O) groups is 1. The number of carbonyl (C=O) groups excluding carboxylic acids is 1. The van der Waals surface area contributed by atoms with Gasteiger partial charge in [0, 0.05) is 26.7 Å².